The Hall–Kier alpha value is -4.18. The molecule has 0 spiro atoms. The van der Waals surface area contributed by atoms with Crippen molar-refractivity contribution >= 4 is 39.9 Å². The first-order valence-electron chi connectivity index (χ1n) is 12.0. The van der Waals surface area contributed by atoms with E-state index < -0.39 is 23.7 Å². The monoisotopic (exact) mass is 536 g/mol. The first-order chi connectivity index (χ1) is 18.2. The lowest BCUT2D eigenvalue weighted by Gasteiger charge is -2.24. The molecule has 1 amide bonds. The zero-order chi connectivity index (χ0) is 27.6. The summed E-state index contributed by atoms with van der Waals surface area (Å²) >= 11 is 0.936. The van der Waals surface area contributed by atoms with Gasteiger partial charge in [0, 0.05) is 11.1 Å². The molecule has 3 aromatic rings. The molecular weight excluding hydrogens is 508 g/mol. The maximum atomic E-state index is 13.5. The molecule has 0 saturated carbocycles. The van der Waals surface area contributed by atoms with Gasteiger partial charge in [-0.05, 0) is 58.0 Å². The zero-order valence-electron chi connectivity index (χ0n) is 21.7. The van der Waals surface area contributed by atoms with E-state index >= 15 is 0 Å². The van der Waals surface area contributed by atoms with Gasteiger partial charge in [-0.15, -0.1) is 0 Å². The number of aromatic nitrogens is 1. The van der Waals surface area contributed by atoms with E-state index in [1.807, 2.05) is 20.8 Å². The fraction of sp³-hybridized carbons (Fsp3) is 0.286. The largest absolute Gasteiger partial charge is 0.507 e. The fourth-order valence-electron chi connectivity index (χ4n) is 4.20. The molecule has 4 rings (SSSR count). The minimum absolute atomic E-state index is 0.0357. The summed E-state index contributed by atoms with van der Waals surface area (Å²) in [5.74, 6) is -1.66. The Balaban J connectivity index is 1.91. The normalized spacial score (nSPS) is 16.7. The van der Waals surface area contributed by atoms with E-state index in [-0.39, 0.29) is 27.4 Å². The van der Waals surface area contributed by atoms with Crippen molar-refractivity contribution in [3.05, 3.63) is 75.8 Å². The molecule has 1 atom stereocenters. The number of rotatable bonds is 8. The second kappa shape index (κ2) is 11.1. The molecule has 198 valence electrons. The minimum atomic E-state index is -1.06. The number of hydrogen-bond acceptors (Lipinski definition) is 9. The van der Waals surface area contributed by atoms with Gasteiger partial charge >= 0.3 is 11.9 Å². The molecule has 1 saturated heterocycles. The number of aliphatic hydroxyl groups is 1. The van der Waals surface area contributed by atoms with Crippen LogP contribution in [0.3, 0.4) is 0 Å². The summed E-state index contributed by atoms with van der Waals surface area (Å²) < 4.78 is 16.3. The number of benzene rings is 2. The molecule has 1 fully saturated rings. The number of carbonyl (C=O) groups excluding carboxylic acids is 3. The maximum absolute atomic E-state index is 13.5. The summed E-state index contributed by atoms with van der Waals surface area (Å²) in [6, 6.07) is 12.5. The van der Waals surface area contributed by atoms with Crippen LogP contribution in [0.1, 0.15) is 53.3 Å². The van der Waals surface area contributed by atoms with Gasteiger partial charge in [-0.3, -0.25) is 14.5 Å². The van der Waals surface area contributed by atoms with Gasteiger partial charge in [0.2, 0.25) is 0 Å². The van der Waals surface area contributed by atoms with Crippen molar-refractivity contribution in [3.63, 3.8) is 0 Å². The van der Waals surface area contributed by atoms with Crippen molar-refractivity contribution in [2.75, 3.05) is 18.6 Å². The number of anilines is 1. The van der Waals surface area contributed by atoms with Gasteiger partial charge in [-0.25, -0.2) is 9.78 Å². The van der Waals surface area contributed by atoms with Crippen LogP contribution in [0, 0.1) is 6.92 Å². The number of aliphatic hydroxyl groups excluding tert-OH is 1. The summed E-state index contributed by atoms with van der Waals surface area (Å²) in [6.07, 6.45) is -0.0357. The van der Waals surface area contributed by atoms with Crippen LogP contribution in [0.2, 0.25) is 0 Å². The van der Waals surface area contributed by atoms with Gasteiger partial charge in [0.05, 0.1) is 31.1 Å². The summed E-state index contributed by atoms with van der Waals surface area (Å²) in [4.78, 5) is 45.0. The Morgan fingerprint density at radius 3 is 2.45 bits per heavy atom. The highest BCUT2D eigenvalue weighted by atomic mass is 32.1. The highest BCUT2D eigenvalue weighted by Gasteiger charge is 2.49. The molecule has 10 heteroatoms. The fourth-order valence-corrected chi connectivity index (χ4v) is 5.22. The molecule has 9 nitrogen and oxygen atoms in total. The van der Waals surface area contributed by atoms with E-state index in [0.717, 1.165) is 11.3 Å². The highest BCUT2D eigenvalue weighted by Crippen LogP contribution is 2.46. The lowest BCUT2D eigenvalue weighted by Crippen LogP contribution is -2.29. The number of nitrogens with zero attached hydrogens (tertiary/aromatic N) is 2. The van der Waals surface area contributed by atoms with Gasteiger partial charge in [-0.1, -0.05) is 29.5 Å². The van der Waals surface area contributed by atoms with Crippen molar-refractivity contribution in [2.45, 2.75) is 39.8 Å². The van der Waals surface area contributed by atoms with Crippen molar-refractivity contribution < 1.29 is 33.7 Å². The van der Waals surface area contributed by atoms with Crippen molar-refractivity contribution in [1.29, 1.82) is 0 Å². The summed E-state index contributed by atoms with van der Waals surface area (Å²) in [5.41, 5.74) is 1.06. The second-order valence-electron chi connectivity index (χ2n) is 8.73. The van der Waals surface area contributed by atoms with E-state index in [2.05, 4.69) is 4.98 Å². The summed E-state index contributed by atoms with van der Waals surface area (Å²) in [7, 11) is 1.25. The molecular formula is C28H28N2O7S. The first-order valence-corrected chi connectivity index (χ1v) is 12.8. The molecule has 2 aromatic carbocycles. The van der Waals surface area contributed by atoms with Crippen LogP contribution < -0.4 is 14.4 Å². The average Bonchev–Trinajstić information content (AvgIpc) is 3.40. The molecule has 1 unspecified atom stereocenters. The third-order valence-electron chi connectivity index (χ3n) is 5.82. The number of amides is 1. The predicted molar refractivity (Wildman–Crippen MR) is 143 cm³/mol. The van der Waals surface area contributed by atoms with Gasteiger partial charge in [0.15, 0.2) is 5.13 Å². The van der Waals surface area contributed by atoms with E-state index in [0.29, 0.717) is 34.9 Å². The lowest BCUT2D eigenvalue weighted by atomic mass is 9.94. The Morgan fingerprint density at radius 1 is 1.13 bits per heavy atom. The summed E-state index contributed by atoms with van der Waals surface area (Å²) in [6.45, 7) is 7.58. The number of ether oxygens (including phenoxy) is 3. The Kier molecular flexibility index (Phi) is 7.82. The number of aryl methyl sites for hydroxylation is 1. The molecule has 0 radical (unpaired) electrons. The number of carbonyl (C=O) groups is 3. The summed E-state index contributed by atoms with van der Waals surface area (Å²) in [5, 5.41) is 11.5. The molecule has 2 heterocycles. The van der Waals surface area contributed by atoms with Gasteiger partial charge < -0.3 is 19.3 Å². The lowest BCUT2D eigenvalue weighted by molar-refractivity contribution is -0.132. The SMILES string of the molecule is CCOc1ccccc1C1/C(=C(\O)c2ccc(OC(C)C)cc2)C(=O)C(=O)N1c1nc(C)c(C(=O)OC)s1. The van der Waals surface area contributed by atoms with Crippen LogP contribution >= 0.6 is 11.3 Å². The molecule has 1 aliphatic rings. The quantitative estimate of drug-likeness (QED) is 0.184. The van der Waals surface area contributed by atoms with E-state index in [1.165, 1.54) is 12.0 Å². The third kappa shape index (κ3) is 4.99. The average molecular weight is 537 g/mol. The molecule has 0 aliphatic carbocycles. The van der Waals surface area contributed by atoms with Crippen molar-refractivity contribution in [1.82, 2.24) is 4.98 Å². The molecule has 1 N–H and O–H groups in total. The van der Waals surface area contributed by atoms with Crippen molar-refractivity contribution in [2.24, 2.45) is 0 Å². The smallest absolute Gasteiger partial charge is 0.350 e. The van der Waals surface area contributed by atoms with Crippen LogP contribution in [0.5, 0.6) is 11.5 Å². The van der Waals surface area contributed by atoms with Crippen LogP contribution in [0.25, 0.3) is 5.76 Å². The molecule has 0 bridgehead atoms. The first kappa shape index (κ1) is 26.9. The number of methoxy groups -OCH3 is 1. The number of hydrogen-bond donors (Lipinski definition) is 1. The second-order valence-corrected chi connectivity index (χ2v) is 9.71. The molecule has 1 aromatic heterocycles. The van der Waals surface area contributed by atoms with Gasteiger partial charge in [-0.2, -0.15) is 0 Å². The molecule has 38 heavy (non-hydrogen) atoms. The number of ketones is 1. The maximum Gasteiger partial charge on any atom is 0.350 e. The van der Waals surface area contributed by atoms with Crippen molar-refractivity contribution in [3.8, 4) is 11.5 Å². The Bertz CT molecular complexity index is 1410. The Labute approximate surface area is 224 Å². The van der Waals surface area contributed by atoms with Gasteiger partial charge in [0.1, 0.15) is 28.2 Å². The van der Waals surface area contributed by atoms with Crippen LogP contribution in [-0.2, 0) is 14.3 Å². The standard InChI is InChI=1S/C28H28N2O7S/c1-6-36-20-10-8-7-9-19(20)22-21(23(31)17-11-13-18(14-12-17)37-15(2)3)24(32)26(33)30(22)28-29-16(4)25(38-28)27(34)35-5/h7-15,22,31H,6H2,1-5H3/b23-21+. The number of para-hydroxylation sites is 1. The van der Waals surface area contributed by atoms with Crippen LogP contribution in [-0.4, -0.2) is 47.6 Å². The number of thiazole rings is 1. The Morgan fingerprint density at radius 2 is 1.82 bits per heavy atom. The van der Waals surface area contributed by atoms with E-state index in [4.69, 9.17) is 14.2 Å². The zero-order valence-corrected chi connectivity index (χ0v) is 22.5. The topological polar surface area (TPSA) is 115 Å². The highest BCUT2D eigenvalue weighted by molar-refractivity contribution is 7.17. The third-order valence-corrected chi connectivity index (χ3v) is 6.96. The number of Topliss-reactive ketones (excluding diaryl/α,β-unsaturated/α-hetero) is 1. The van der Waals surface area contributed by atoms with Crippen LogP contribution in [0.4, 0.5) is 5.13 Å². The molecule has 1 aliphatic heterocycles. The minimum Gasteiger partial charge on any atom is -0.507 e. The number of esters is 1. The predicted octanol–water partition coefficient (Wildman–Crippen LogP) is 5.05. The van der Waals surface area contributed by atoms with E-state index in [1.54, 1.807) is 55.5 Å². The van der Waals surface area contributed by atoms with E-state index in [9.17, 15) is 19.5 Å². The van der Waals surface area contributed by atoms with Gasteiger partial charge in [0.25, 0.3) is 5.78 Å². The van der Waals surface area contributed by atoms with Crippen LogP contribution in [0.15, 0.2) is 54.1 Å².